The Labute approximate surface area is 289 Å². The molecule has 0 spiro atoms. The summed E-state index contributed by atoms with van der Waals surface area (Å²) >= 11 is 0. The number of rotatable bonds is 37. The molecule has 0 amide bonds. The average molecular weight is 691 g/mol. The Morgan fingerprint density at radius 2 is 0.766 bits per heavy atom. The first-order chi connectivity index (χ1) is 22.8. The van der Waals surface area contributed by atoms with Crippen molar-refractivity contribution < 1.29 is 37.9 Å². The summed E-state index contributed by atoms with van der Waals surface area (Å²) in [5.74, 6) is -0.879. The van der Waals surface area contributed by atoms with Gasteiger partial charge in [-0.15, -0.1) is 0 Å². The topological polar surface area (TPSA) is 119 Å². The summed E-state index contributed by atoms with van der Waals surface area (Å²) in [6.07, 6.45) is 35.7. The lowest BCUT2D eigenvalue weighted by atomic mass is 10.0. The van der Waals surface area contributed by atoms with Crippen LogP contribution >= 0.6 is 7.82 Å². The van der Waals surface area contributed by atoms with Crippen LogP contribution in [0.5, 0.6) is 0 Å². The number of unbranched alkanes of at least 4 members (excludes halogenated alkanes) is 27. The number of esters is 2. The first-order valence-corrected chi connectivity index (χ1v) is 21.4. The number of carbonyl (C=O) groups excluding carboxylic acids is 2. The van der Waals surface area contributed by atoms with Crippen LogP contribution in [0.25, 0.3) is 0 Å². The SMILES string of the molecule is CCCCCCCCCCCCCCCCCCCCCCCCC(=O)O[C@H](COC(=O)CCCCCCCCC)COP(=O)(O)O. The Hall–Kier alpha value is -0.950. The number of phosphoric ester groups is 1. The Balaban J connectivity index is 3.75. The minimum atomic E-state index is -4.74. The lowest BCUT2D eigenvalue weighted by molar-refractivity contribution is -0.161. The third-order valence-corrected chi connectivity index (χ3v) is 9.36. The van der Waals surface area contributed by atoms with Gasteiger partial charge in [0, 0.05) is 12.8 Å². The van der Waals surface area contributed by atoms with Gasteiger partial charge in [-0.25, -0.2) is 4.57 Å². The highest BCUT2D eigenvalue weighted by molar-refractivity contribution is 7.46. The molecule has 0 fully saturated rings. The van der Waals surface area contributed by atoms with Crippen molar-refractivity contribution in [3.8, 4) is 0 Å². The van der Waals surface area contributed by atoms with Crippen molar-refractivity contribution in [2.45, 2.75) is 219 Å². The van der Waals surface area contributed by atoms with Gasteiger partial charge in [0.2, 0.25) is 0 Å². The predicted molar refractivity (Wildman–Crippen MR) is 193 cm³/mol. The lowest BCUT2D eigenvalue weighted by Crippen LogP contribution is -2.29. The predicted octanol–water partition coefficient (Wildman–Crippen LogP) is 11.7. The summed E-state index contributed by atoms with van der Waals surface area (Å²) < 4.78 is 26.2. The van der Waals surface area contributed by atoms with E-state index < -0.39 is 32.5 Å². The fourth-order valence-corrected chi connectivity index (χ4v) is 6.26. The van der Waals surface area contributed by atoms with Gasteiger partial charge < -0.3 is 19.3 Å². The highest BCUT2D eigenvalue weighted by atomic mass is 31.2. The van der Waals surface area contributed by atoms with E-state index in [0.717, 1.165) is 32.1 Å². The van der Waals surface area contributed by atoms with Gasteiger partial charge in [0.15, 0.2) is 6.10 Å². The summed E-state index contributed by atoms with van der Waals surface area (Å²) in [4.78, 5) is 42.5. The minimum absolute atomic E-state index is 0.220. The van der Waals surface area contributed by atoms with Crippen LogP contribution in [0.3, 0.4) is 0 Å². The zero-order valence-corrected chi connectivity index (χ0v) is 31.6. The van der Waals surface area contributed by atoms with E-state index in [-0.39, 0.29) is 19.4 Å². The molecule has 0 aromatic carbocycles. The molecular formula is C38H75O8P. The standard InChI is InChI=1S/C38H75O8P/c1-3-5-7-9-11-12-13-14-15-16-17-18-19-20-21-22-23-24-25-27-29-31-33-38(40)46-36(35-45-47(41,42)43)34-44-37(39)32-30-28-26-10-8-6-4-2/h36H,3-35H2,1-2H3,(H2,41,42,43)/t36-/m1/s1. The first kappa shape index (κ1) is 46.0. The number of hydrogen-bond acceptors (Lipinski definition) is 6. The van der Waals surface area contributed by atoms with Crippen molar-refractivity contribution in [3.05, 3.63) is 0 Å². The highest BCUT2D eigenvalue weighted by Crippen LogP contribution is 2.36. The van der Waals surface area contributed by atoms with Crippen molar-refractivity contribution in [2.24, 2.45) is 0 Å². The molecule has 0 saturated heterocycles. The largest absolute Gasteiger partial charge is 0.469 e. The second-order valence-electron chi connectivity index (χ2n) is 13.6. The van der Waals surface area contributed by atoms with Gasteiger partial charge in [0.05, 0.1) is 6.61 Å². The van der Waals surface area contributed by atoms with Crippen molar-refractivity contribution in [2.75, 3.05) is 13.2 Å². The molecule has 2 N–H and O–H groups in total. The fraction of sp³-hybridized carbons (Fsp3) is 0.947. The van der Waals surface area contributed by atoms with Gasteiger partial charge in [0.1, 0.15) is 6.61 Å². The molecule has 0 rings (SSSR count). The molecular weight excluding hydrogens is 615 g/mol. The fourth-order valence-electron chi connectivity index (χ4n) is 5.90. The zero-order chi connectivity index (χ0) is 34.7. The second-order valence-corrected chi connectivity index (χ2v) is 14.9. The van der Waals surface area contributed by atoms with Crippen LogP contribution in [0, 0.1) is 0 Å². The maximum atomic E-state index is 12.3. The normalized spacial score (nSPS) is 12.3. The van der Waals surface area contributed by atoms with Gasteiger partial charge in [-0.3, -0.25) is 14.1 Å². The highest BCUT2D eigenvalue weighted by Gasteiger charge is 2.22. The number of carbonyl (C=O) groups is 2. The van der Waals surface area contributed by atoms with E-state index in [4.69, 9.17) is 19.3 Å². The molecule has 0 radical (unpaired) electrons. The molecule has 0 aliphatic carbocycles. The third kappa shape index (κ3) is 37.7. The molecule has 8 nitrogen and oxygen atoms in total. The van der Waals surface area contributed by atoms with Crippen molar-refractivity contribution >= 4 is 19.8 Å². The van der Waals surface area contributed by atoms with Crippen LogP contribution < -0.4 is 0 Å². The Morgan fingerprint density at radius 1 is 0.468 bits per heavy atom. The smallest absolute Gasteiger partial charge is 0.462 e. The molecule has 0 heterocycles. The minimum Gasteiger partial charge on any atom is -0.462 e. The molecule has 0 saturated carbocycles. The first-order valence-electron chi connectivity index (χ1n) is 19.8. The van der Waals surface area contributed by atoms with Crippen LogP contribution in [0.2, 0.25) is 0 Å². The summed E-state index contributed by atoms with van der Waals surface area (Å²) in [6.45, 7) is 3.65. The summed E-state index contributed by atoms with van der Waals surface area (Å²) in [5, 5.41) is 0. The summed E-state index contributed by atoms with van der Waals surface area (Å²) in [7, 11) is -4.74. The van der Waals surface area contributed by atoms with E-state index in [2.05, 4.69) is 18.4 Å². The molecule has 0 aliphatic rings. The molecule has 0 unspecified atom stereocenters. The second kappa shape index (κ2) is 34.9. The Bertz CT molecular complexity index is 741. The van der Waals surface area contributed by atoms with Crippen LogP contribution in [0.1, 0.15) is 213 Å². The summed E-state index contributed by atoms with van der Waals surface area (Å²) in [6, 6.07) is 0. The van der Waals surface area contributed by atoms with E-state index in [1.54, 1.807) is 0 Å². The summed E-state index contributed by atoms with van der Waals surface area (Å²) in [5.41, 5.74) is 0. The number of phosphoric acid groups is 1. The monoisotopic (exact) mass is 691 g/mol. The van der Waals surface area contributed by atoms with E-state index in [1.165, 1.54) is 148 Å². The van der Waals surface area contributed by atoms with Gasteiger partial charge in [0.25, 0.3) is 0 Å². The Morgan fingerprint density at radius 3 is 1.09 bits per heavy atom. The van der Waals surface area contributed by atoms with Crippen LogP contribution in [-0.4, -0.2) is 41.0 Å². The molecule has 0 aliphatic heterocycles. The molecule has 47 heavy (non-hydrogen) atoms. The van der Waals surface area contributed by atoms with Gasteiger partial charge in [-0.2, -0.15) is 0 Å². The number of ether oxygens (including phenoxy) is 2. The van der Waals surface area contributed by atoms with E-state index >= 15 is 0 Å². The molecule has 0 bridgehead atoms. The number of hydrogen-bond donors (Lipinski definition) is 2. The van der Waals surface area contributed by atoms with Crippen molar-refractivity contribution in [1.29, 1.82) is 0 Å². The molecule has 9 heteroatoms. The van der Waals surface area contributed by atoms with E-state index in [0.29, 0.717) is 6.42 Å². The molecule has 1 atom stereocenters. The molecule has 280 valence electrons. The van der Waals surface area contributed by atoms with Crippen LogP contribution in [-0.2, 0) is 28.2 Å². The van der Waals surface area contributed by atoms with Gasteiger partial charge >= 0.3 is 19.8 Å². The van der Waals surface area contributed by atoms with Gasteiger partial charge in [-0.05, 0) is 12.8 Å². The quantitative estimate of drug-likeness (QED) is 0.0375. The van der Waals surface area contributed by atoms with Crippen molar-refractivity contribution in [3.63, 3.8) is 0 Å². The third-order valence-electron chi connectivity index (χ3n) is 8.88. The van der Waals surface area contributed by atoms with Crippen LogP contribution in [0.4, 0.5) is 0 Å². The molecule has 0 aromatic rings. The van der Waals surface area contributed by atoms with Crippen molar-refractivity contribution in [1.82, 2.24) is 0 Å². The maximum absolute atomic E-state index is 12.3. The van der Waals surface area contributed by atoms with E-state index in [1.807, 2.05) is 0 Å². The molecule has 0 aromatic heterocycles. The van der Waals surface area contributed by atoms with Crippen LogP contribution in [0.15, 0.2) is 0 Å². The zero-order valence-electron chi connectivity index (χ0n) is 30.7. The lowest BCUT2D eigenvalue weighted by Gasteiger charge is -2.18. The Kier molecular flexibility index (Phi) is 34.2. The van der Waals surface area contributed by atoms with E-state index in [9.17, 15) is 14.2 Å². The average Bonchev–Trinajstić information content (AvgIpc) is 3.03. The van der Waals surface area contributed by atoms with Gasteiger partial charge in [-0.1, -0.05) is 187 Å². The maximum Gasteiger partial charge on any atom is 0.469 e.